The van der Waals surface area contributed by atoms with Crippen LogP contribution < -0.4 is 15.2 Å². The Morgan fingerprint density at radius 3 is 2.44 bits per heavy atom. The van der Waals surface area contributed by atoms with Crippen molar-refractivity contribution in [2.45, 2.75) is 0 Å². The van der Waals surface area contributed by atoms with Gasteiger partial charge in [0.1, 0.15) is 5.57 Å². The predicted molar refractivity (Wildman–Crippen MR) is 125 cm³/mol. The van der Waals surface area contributed by atoms with Crippen molar-refractivity contribution < 1.29 is 24.0 Å². The second-order valence-corrected chi connectivity index (χ2v) is 7.78. The molecule has 3 aromatic carbocycles. The lowest BCUT2D eigenvalue weighted by Crippen LogP contribution is -2.35. The minimum atomic E-state index is -0.983. The monoisotopic (exact) mass is 497 g/mol. The van der Waals surface area contributed by atoms with Crippen LogP contribution >= 0.6 is 23.2 Å². The molecule has 0 aliphatic carbocycles. The second kappa shape index (κ2) is 9.34. The summed E-state index contributed by atoms with van der Waals surface area (Å²) in [5.41, 5.74) is 1.91. The smallest absolute Gasteiger partial charge is 0.345 e. The van der Waals surface area contributed by atoms with Gasteiger partial charge >= 0.3 is 11.7 Å². The number of ether oxygens (including phenoxy) is 1. The number of hydrazine groups is 1. The highest BCUT2D eigenvalue weighted by Gasteiger charge is 2.35. The number of nitro groups is 1. The van der Waals surface area contributed by atoms with E-state index in [1.54, 1.807) is 30.3 Å². The Labute approximate surface area is 202 Å². The van der Waals surface area contributed by atoms with Crippen LogP contribution in [0.3, 0.4) is 0 Å². The number of halogens is 2. The van der Waals surface area contributed by atoms with Crippen molar-refractivity contribution in [3.63, 3.8) is 0 Å². The normalized spacial score (nSPS) is 14.3. The van der Waals surface area contributed by atoms with E-state index in [9.17, 15) is 24.5 Å². The summed E-state index contributed by atoms with van der Waals surface area (Å²) in [6.07, 6.45) is 1.12. The van der Waals surface area contributed by atoms with E-state index < -0.39 is 34.1 Å². The number of esters is 1. The molecule has 1 aliphatic rings. The van der Waals surface area contributed by atoms with E-state index in [4.69, 9.17) is 27.9 Å². The summed E-state index contributed by atoms with van der Waals surface area (Å²) < 4.78 is 5.33. The topological polar surface area (TPSA) is 119 Å². The summed E-state index contributed by atoms with van der Waals surface area (Å²) >= 11 is 11.9. The van der Waals surface area contributed by atoms with Crippen LogP contribution in [0.4, 0.5) is 11.4 Å². The van der Waals surface area contributed by atoms with Crippen LogP contribution in [0.1, 0.15) is 15.9 Å². The van der Waals surface area contributed by atoms with Crippen LogP contribution in [-0.2, 0) is 9.59 Å². The molecule has 11 heteroatoms. The average molecular weight is 498 g/mol. The average Bonchev–Trinajstić information content (AvgIpc) is 3.08. The number of rotatable bonds is 5. The van der Waals surface area contributed by atoms with Crippen LogP contribution in [0.2, 0.25) is 10.0 Å². The molecule has 170 valence electrons. The maximum absolute atomic E-state index is 12.9. The molecule has 2 amide bonds. The minimum absolute atomic E-state index is 0.0140. The summed E-state index contributed by atoms with van der Waals surface area (Å²) in [4.78, 5) is 49.0. The van der Waals surface area contributed by atoms with Gasteiger partial charge in [0.15, 0.2) is 0 Å². The summed E-state index contributed by atoms with van der Waals surface area (Å²) in [5.74, 6) is -2.84. The zero-order valence-electron chi connectivity index (χ0n) is 17.0. The first kappa shape index (κ1) is 23.0. The molecular weight excluding hydrogens is 485 g/mol. The van der Waals surface area contributed by atoms with Crippen molar-refractivity contribution in [1.82, 2.24) is 5.43 Å². The number of nitrogens with one attached hydrogen (secondary N) is 1. The highest BCUT2D eigenvalue weighted by molar-refractivity contribution is 6.36. The predicted octanol–water partition coefficient (Wildman–Crippen LogP) is 4.58. The van der Waals surface area contributed by atoms with E-state index in [1.807, 2.05) is 0 Å². The molecule has 0 unspecified atom stereocenters. The van der Waals surface area contributed by atoms with Crippen LogP contribution in [-0.4, -0.2) is 22.7 Å². The first-order valence-electron chi connectivity index (χ1n) is 9.63. The number of nitrogens with zero attached hydrogens (tertiary/aromatic N) is 2. The second-order valence-electron chi connectivity index (χ2n) is 6.94. The van der Waals surface area contributed by atoms with E-state index in [0.717, 1.165) is 17.2 Å². The summed E-state index contributed by atoms with van der Waals surface area (Å²) in [5, 5.41) is 12.9. The van der Waals surface area contributed by atoms with Crippen molar-refractivity contribution >= 4 is 58.4 Å². The van der Waals surface area contributed by atoms with Gasteiger partial charge in [-0.05, 0) is 36.4 Å². The molecule has 34 heavy (non-hydrogen) atoms. The molecule has 0 atom stereocenters. The van der Waals surface area contributed by atoms with Crippen LogP contribution in [0.25, 0.3) is 6.08 Å². The highest BCUT2D eigenvalue weighted by Crippen LogP contribution is 2.35. The third-order valence-corrected chi connectivity index (χ3v) is 5.32. The van der Waals surface area contributed by atoms with Crippen molar-refractivity contribution in [1.29, 1.82) is 0 Å². The molecule has 0 saturated carbocycles. The molecular formula is C23H13Cl2N3O6. The van der Waals surface area contributed by atoms with Gasteiger partial charge in [0.05, 0.1) is 21.2 Å². The molecule has 1 aliphatic heterocycles. The van der Waals surface area contributed by atoms with Gasteiger partial charge in [0.2, 0.25) is 5.75 Å². The number of anilines is 1. The molecule has 0 bridgehead atoms. The molecule has 9 nitrogen and oxygen atoms in total. The number of carbonyl (C=O) groups is 3. The quantitative estimate of drug-likeness (QED) is 0.137. The zero-order valence-corrected chi connectivity index (χ0v) is 18.5. The van der Waals surface area contributed by atoms with E-state index in [0.29, 0.717) is 5.69 Å². The summed E-state index contributed by atoms with van der Waals surface area (Å²) in [6.45, 7) is 0. The Balaban J connectivity index is 1.74. The maximum Gasteiger partial charge on any atom is 0.345 e. The van der Waals surface area contributed by atoms with E-state index in [1.165, 1.54) is 30.3 Å². The molecule has 1 N–H and O–H groups in total. The van der Waals surface area contributed by atoms with Gasteiger partial charge in [-0.25, -0.2) is 9.80 Å². The van der Waals surface area contributed by atoms with Crippen LogP contribution in [0, 0.1) is 10.1 Å². The molecule has 0 spiro atoms. The first-order valence-corrected chi connectivity index (χ1v) is 10.4. The minimum Gasteiger partial charge on any atom is -0.415 e. The van der Waals surface area contributed by atoms with Gasteiger partial charge in [-0.15, -0.1) is 0 Å². The summed E-state index contributed by atoms with van der Waals surface area (Å²) in [6, 6.07) is 16.3. The largest absolute Gasteiger partial charge is 0.415 e. The maximum atomic E-state index is 12.9. The number of benzene rings is 3. The third kappa shape index (κ3) is 4.47. The zero-order chi connectivity index (χ0) is 24.4. The molecule has 0 radical (unpaired) electrons. The highest BCUT2D eigenvalue weighted by atomic mass is 35.5. The number of amides is 2. The van der Waals surface area contributed by atoms with Crippen molar-refractivity contribution in [2.75, 3.05) is 5.01 Å². The lowest BCUT2D eigenvalue weighted by atomic mass is 10.1. The lowest BCUT2D eigenvalue weighted by Gasteiger charge is -2.14. The first-order chi connectivity index (χ1) is 16.3. The fraction of sp³-hybridized carbons (Fsp3) is 0. The molecule has 1 saturated heterocycles. The molecule has 4 rings (SSSR count). The molecule has 0 aromatic heterocycles. The molecule has 3 aromatic rings. The van der Waals surface area contributed by atoms with Crippen LogP contribution in [0.5, 0.6) is 5.75 Å². The van der Waals surface area contributed by atoms with Gasteiger partial charge in [-0.2, -0.15) is 0 Å². The fourth-order valence-electron chi connectivity index (χ4n) is 3.19. The van der Waals surface area contributed by atoms with E-state index in [2.05, 4.69) is 5.43 Å². The Morgan fingerprint density at radius 2 is 1.76 bits per heavy atom. The summed E-state index contributed by atoms with van der Waals surface area (Å²) in [7, 11) is 0. The standard InChI is InChI=1S/C23H13Cl2N3O6/c24-14-9-10-16(18(25)12-14)23(31)34-20-13(5-4-8-19(20)28(32)33)11-17-21(29)26-27(22(17)30)15-6-2-1-3-7-15/h1-12H,(H,26,29)/b17-11-. The molecule has 1 heterocycles. The van der Waals surface area contributed by atoms with Gasteiger partial charge in [-0.3, -0.25) is 25.1 Å². The van der Waals surface area contributed by atoms with Crippen LogP contribution in [0.15, 0.2) is 72.3 Å². The van der Waals surface area contributed by atoms with Crippen molar-refractivity contribution in [2.24, 2.45) is 0 Å². The lowest BCUT2D eigenvalue weighted by molar-refractivity contribution is -0.385. The van der Waals surface area contributed by atoms with Crippen molar-refractivity contribution in [3.05, 3.63) is 104 Å². The third-order valence-electron chi connectivity index (χ3n) is 4.77. The van der Waals surface area contributed by atoms with Gasteiger partial charge in [0.25, 0.3) is 11.8 Å². The van der Waals surface area contributed by atoms with E-state index >= 15 is 0 Å². The number of nitro benzene ring substituents is 1. The number of hydrogen-bond donors (Lipinski definition) is 1. The Kier molecular flexibility index (Phi) is 6.31. The van der Waals surface area contributed by atoms with E-state index in [-0.39, 0.29) is 26.7 Å². The van der Waals surface area contributed by atoms with Gasteiger partial charge in [-0.1, -0.05) is 53.5 Å². The number of carbonyl (C=O) groups excluding carboxylic acids is 3. The fourth-order valence-corrected chi connectivity index (χ4v) is 3.67. The van der Waals surface area contributed by atoms with Gasteiger partial charge in [0, 0.05) is 16.7 Å². The number of hydrogen-bond acceptors (Lipinski definition) is 6. The molecule has 1 fully saturated rings. The SMILES string of the molecule is O=C1NN(c2ccccc2)C(=O)/C1=C\c1cccc([N+](=O)[O-])c1OC(=O)c1ccc(Cl)cc1Cl. The number of para-hydroxylation sites is 2. The Hall–Kier alpha value is -4.21. The van der Waals surface area contributed by atoms with Gasteiger partial charge < -0.3 is 4.74 Å². The van der Waals surface area contributed by atoms with Crippen molar-refractivity contribution in [3.8, 4) is 5.75 Å². The Morgan fingerprint density at radius 1 is 1.03 bits per heavy atom. The Bertz CT molecular complexity index is 1370.